The van der Waals surface area contributed by atoms with Crippen molar-refractivity contribution >= 4 is 18.0 Å². The quantitative estimate of drug-likeness (QED) is 0.453. The standard InChI is InChI=1S/C18H34N2O5/c1-6-8-13-20(15(21)10-11-16(22)24-7-2)14-9-12-19-17(23)25-18(3,4)5/h6-14H2,1-5H3,(H,19,23). The van der Waals surface area contributed by atoms with Crippen molar-refractivity contribution in [1.29, 1.82) is 0 Å². The lowest BCUT2D eigenvalue weighted by Crippen LogP contribution is -2.37. The summed E-state index contributed by atoms with van der Waals surface area (Å²) >= 11 is 0. The molecule has 0 aromatic carbocycles. The number of alkyl carbamates (subject to hydrolysis) is 1. The van der Waals surface area contributed by atoms with E-state index in [0.717, 1.165) is 12.8 Å². The van der Waals surface area contributed by atoms with Gasteiger partial charge in [-0.15, -0.1) is 0 Å². The highest BCUT2D eigenvalue weighted by atomic mass is 16.6. The number of unbranched alkanes of at least 4 members (excludes halogenated alkanes) is 1. The Labute approximate surface area is 151 Å². The van der Waals surface area contributed by atoms with E-state index in [1.54, 1.807) is 32.6 Å². The molecule has 0 saturated heterocycles. The van der Waals surface area contributed by atoms with Crippen LogP contribution in [0, 0.1) is 0 Å². The van der Waals surface area contributed by atoms with E-state index in [2.05, 4.69) is 12.2 Å². The first-order valence-corrected chi connectivity index (χ1v) is 9.09. The summed E-state index contributed by atoms with van der Waals surface area (Å²) < 4.78 is 10.0. The largest absolute Gasteiger partial charge is 0.466 e. The Morgan fingerprint density at radius 3 is 2.20 bits per heavy atom. The van der Waals surface area contributed by atoms with Crippen LogP contribution in [-0.2, 0) is 19.1 Å². The molecule has 0 aliphatic heterocycles. The fourth-order valence-corrected chi connectivity index (χ4v) is 2.08. The van der Waals surface area contributed by atoms with Crippen LogP contribution in [0.15, 0.2) is 0 Å². The number of ether oxygens (including phenoxy) is 2. The summed E-state index contributed by atoms with van der Waals surface area (Å²) in [4.78, 5) is 37.0. The van der Waals surface area contributed by atoms with Crippen molar-refractivity contribution in [3.05, 3.63) is 0 Å². The summed E-state index contributed by atoms with van der Waals surface area (Å²) in [5.74, 6) is -0.406. The Kier molecular flexibility index (Phi) is 11.7. The van der Waals surface area contributed by atoms with Gasteiger partial charge in [0.15, 0.2) is 0 Å². The van der Waals surface area contributed by atoms with Gasteiger partial charge in [-0.25, -0.2) is 4.79 Å². The summed E-state index contributed by atoms with van der Waals surface area (Å²) in [6.07, 6.45) is 2.32. The number of carbonyl (C=O) groups excluding carboxylic acids is 3. The van der Waals surface area contributed by atoms with Crippen LogP contribution in [0.1, 0.15) is 66.7 Å². The number of carbonyl (C=O) groups is 3. The molecule has 0 unspecified atom stereocenters. The van der Waals surface area contributed by atoms with Crippen LogP contribution >= 0.6 is 0 Å². The van der Waals surface area contributed by atoms with E-state index < -0.39 is 11.7 Å². The lowest BCUT2D eigenvalue weighted by Gasteiger charge is -2.23. The van der Waals surface area contributed by atoms with E-state index >= 15 is 0 Å². The second kappa shape index (κ2) is 12.6. The first-order chi connectivity index (χ1) is 11.7. The molecule has 0 aliphatic carbocycles. The van der Waals surface area contributed by atoms with Gasteiger partial charge in [0.2, 0.25) is 5.91 Å². The monoisotopic (exact) mass is 358 g/mol. The highest BCUT2D eigenvalue weighted by molar-refractivity contribution is 5.81. The average molecular weight is 358 g/mol. The van der Waals surface area contributed by atoms with Crippen LogP contribution in [0.4, 0.5) is 4.79 Å². The summed E-state index contributed by atoms with van der Waals surface area (Å²) in [6.45, 7) is 11.2. The SMILES string of the molecule is CCCCN(CCCNC(=O)OC(C)(C)C)C(=O)CCC(=O)OCC. The first kappa shape index (κ1) is 23.2. The van der Waals surface area contributed by atoms with Crippen LogP contribution in [0.25, 0.3) is 0 Å². The highest BCUT2D eigenvalue weighted by Crippen LogP contribution is 2.07. The maximum absolute atomic E-state index is 12.3. The van der Waals surface area contributed by atoms with Gasteiger partial charge in [-0.3, -0.25) is 9.59 Å². The molecule has 0 aromatic rings. The lowest BCUT2D eigenvalue weighted by molar-refractivity contribution is -0.145. The predicted octanol–water partition coefficient (Wildman–Crippen LogP) is 2.87. The zero-order valence-corrected chi connectivity index (χ0v) is 16.4. The van der Waals surface area contributed by atoms with Crippen molar-refractivity contribution in [1.82, 2.24) is 10.2 Å². The van der Waals surface area contributed by atoms with Gasteiger partial charge in [0.05, 0.1) is 13.0 Å². The van der Waals surface area contributed by atoms with Gasteiger partial charge in [-0.2, -0.15) is 0 Å². The van der Waals surface area contributed by atoms with E-state index in [1.165, 1.54) is 0 Å². The third-order valence-corrected chi connectivity index (χ3v) is 3.26. The smallest absolute Gasteiger partial charge is 0.407 e. The molecular weight excluding hydrogens is 324 g/mol. The Morgan fingerprint density at radius 2 is 1.64 bits per heavy atom. The van der Waals surface area contributed by atoms with Crippen LogP contribution in [0.2, 0.25) is 0 Å². The van der Waals surface area contributed by atoms with Gasteiger partial charge in [0.1, 0.15) is 5.60 Å². The molecule has 1 N–H and O–H groups in total. The van der Waals surface area contributed by atoms with Gasteiger partial charge < -0.3 is 19.7 Å². The molecule has 0 fully saturated rings. The molecule has 0 aliphatic rings. The Balaban J connectivity index is 4.23. The van der Waals surface area contributed by atoms with Crippen LogP contribution in [0.3, 0.4) is 0 Å². The van der Waals surface area contributed by atoms with E-state index in [-0.39, 0.29) is 24.7 Å². The second-order valence-corrected chi connectivity index (χ2v) is 6.82. The lowest BCUT2D eigenvalue weighted by atomic mass is 10.2. The number of nitrogens with zero attached hydrogens (tertiary/aromatic N) is 1. The van der Waals surface area contributed by atoms with Crippen LogP contribution in [0.5, 0.6) is 0 Å². The molecule has 0 heterocycles. The Morgan fingerprint density at radius 1 is 1.00 bits per heavy atom. The molecule has 25 heavy (non-hydrogen) atoms. The number of amides is 2. The minimum absolute atomic E-state index is 0.0567. The summed E-state index contributed by atoms with van der Waals surface area (Å²) in [5.41, 5.74) is -0.527. The molecule has 0 rings (SSSR count). The molecule has 0 aromatic heterocycles. The van der Waals surface area contributed by atoms with Crippen molar-refractivity contribution in [3.8, 4) is 0 Å². The molecule has 7 heteroatoms. The number of nitrogens with one attached hydrogen (secondary N) is 1. The van der Waals surface area contributed by atoms with Crippen molar-refractivity contribution in [3.63, 3.8) is 0 Å². The molecule has 2 amide bonds. The summed E-state index contributed by atoms with van der Waals surface area (Å²) in [6, 6.07) is 0. The summed E-state index contributed by atoms with van der Waals surface area (Å²) in [5, 5.41) is 2.68. The summed E-state index contributed by atoms with van der Waals surface area (Å²) in [7, 11) is 0. The van der Waals surface area contributed by atoms with E-state index in [1.807, 2.05) is 0 Å². The van der Waals surface area contributed by atoms with Gasteiger partial charge >= 0.3 is 12.1 Å². The van der Waals surface area contributed by atoms with Crippen molar-refractivity contribution in [2.45, 2.75) is 72.3 Å². The molecule has 0 saturated carbocycles. The first-order valence-electron chi connectivity index (χ1n) is 9.09. The average Bonchev–Trinajstić information content (AvgIpc) is 2.50. The van der Waals surface area contributed by atoms with Gasteiger partial charge in [-0.05, 0) is 40.5 Å². The minimum Gasteiger partial charge on any atom is -0.466 e. The van der Waals surface area contributed by atoms with Gasteiger partial charge in [0.25, 0.3) is 0 Å². The molecule has 7 nitrogen and oxygen atoms in total. The predicted molar refractivity (Wildman–Crippen MR) is 96.2 cm³/mol. The molecule has 0 atom stereocenters. The van der Waals surface area contributed by atoms with Gasteiger partial charge in [0, 0.05) is 26.1 Å². The molecular formula is C18H34N2O5. The zero-order valence-electron chi connectivity index (χ0n) is 16.4. The normalized spacial score (nSPS) is 10.9. The van der Waals surface area contributed by atoms with Crippen molar-refractivity contribution < 1.29 is 23.9 Å². The van der Waals surface area contributed by atoms with Crippen molar-refractivity contribution in [2.75, 3.05) is 26.2 Å². The number of hydrogen-bond donors (Lipinski definition) is 1. The van der Waals surface area contributed by atoms with E-state index in [9.17, 15) is 14.4 Å². The minimum atomic E-state index is -0.527. The third-order valence-electron chi connectivity index (χ3n) is 3.26. The second-order valence-electron chi connectivity index (χ2n) is 6.82. The fraction of sp³-hybridized carbons (Fsp3) is 0.833. The molecule has 0 radical (unpaired) electrons. The van der Waals surface area contributed by atoms with E-state index in [4.69, 9.17) is 9.47 Å². The number of rotatable bonds is 11. The van der Waals surface area contributed by atoms with Crippen LogP contribution in [-0.4, -0.2) is 54.7 Å². The number of hydrogen-bond acceptors (Lipinski definition) is 5. The van der Waals surface area contributed by atoms with E-state index in [0.29, 0.717) is 32.7 Å². The number of esters is 1. The maximum atomic E-state index is 12.3. The molecule has 0 spiro atoms. The third kappa shape index (κ3) is 13.2. The zero-order chi connectivity index (χ0) is 19.3. The van der Waals surface area contributed by atoms with Crippen LogP contribution < -0.4 is 5.32 Å². The maximum Gasteiger partial charge on any atom is 0.407 e. The fourth-order valence-electron chi connectivity index (χ4n) is 2.08. The van der Waals surface area contributed by atoms with Gasteiger partial charge in [-0.1, -0.05) is 13.3 Å². The topological polar surface area (TPSA) is 84.9 Å². The highest BCUT2D eigenvalue weighted by Gasteiger charge is 2.17. The Hall–Kier alpha value is -1.79. The van der Waals surface area contributed by atoms with Crippen molar-refractivity contribution in [2.24, 2.45) is 0 Å². The Bertz CT molecular complexity index is 418. The molecule has 146 valence electrons. The molecule has 0 bridgehead atoms.